The van der Waals surface area contributed by atoms with Crippen molar-refractivity contribution in [3.05, 3.63) is 0 Å². The minimum absolute atomic E-state index is 0.523. The van der Waals surface area contributed by atoms with Gasteiger partial charge in [-0.1, -0.05) is 0 Å². The molecular formula is C17H27N5O9. The Balaban J connectivity index is 2.90. The zero-order valence-corrected chi connectivity index (χ0v) is 16.8. The lowest BCUT2D eigenvalue weighted by Gasteiger charge is -2.26. The van der Waals surface area contributed by atoms with Gasteiger partial charge >= 0.3 is 11.9 Å². The van der Waals surface area contributed by atoms with E-state index in [0.29, 0.717) is 13.0 Å². The number of aliphatic carboxylic acids is 2. The fourth-order valence-corrected chi connectivity index (χ4v) is 2.89. The first-order valence-electron chi connectivity index (χ1n) is 9.47. The number of rotatable bonds is 12. The lowest BCUT2D eigenvalue weighted by atomic mass is 10.1. The van der Waals surface area contributed by atoms with Gasteiger partial charge in [0, 0.05) is 0 Å². The number of hydrogen-bond acceptors (Lipinski definition) is 8. The Morgan fingerprint density at radius 1 is 1.00 bits per heavy atom. The van der Waals surface area contributed by atoms with Crippen LogP contribution in [0.15, 0.2) is 0 Å². The van der Waals surface area contributed by atoms with Crippen LogP contribution in [0.1, 0.15) is 32.6 Å². The van der Waals surface area contributed by atoms with Crippen LogP contribution in [0.3, 0.4) is 0 Å². The molecule has 9 N–H and O–H groups in total. The molecule has 0 saturated carbocycles. The van der Waals surface area contributed by atoms with Crippen molar-refractivity contribution in [2.75, 3.05) is 6.54 Å². The van der Waals surface area contributed by atoms with Gasteiger partial charge in [0.05, 0.1) is 25.0 Å². The second-order valence-corrected chi connectivity index (χ2v) is 7.10. The van der Waals surface area contributed by atoms with Crippen molar-refractivity contribution in [1.29, 1.82) is 0 Å². The van der Waals surface area contributed by atoms with Crippen molar-refractivity contribution in [2.45, 2.75) is 62.9 Å². The number of carboxylic acids is 2. The van der Waals surface area contributed by atoms with Gasteiger partial charge in [-0.2, -0.15) is 0 Å². The van der Waals surface area contributed by atoms with Crippen molar-refractivity contribution >= 4 is 35.6 Å². The van der Waals surface area contributed by atoms with E-state index in [4.69, 9.17) is 15.9 Å². The highest BCUT2D eigenvalue weighted by Gasteiger charge is 2.34. The van der Waals surface area contributed by atoms with Crippen molar-refractivity contribution in [3.63, 3.8) is 0 Å². The summed E-state index contributed by atoms with van der Waals surface area (Å²) in [6.07, 6.45) is -1.78. The summed E-state index contributed by atoms with van der Waals surface area (Å²) in [6.45, 7) is 1.73. The summed E-state index contributed by atoms with van der Waals surface area (Å²) in [4.78, 5) is 70.4. The first-order valence-corrected chi connectivity index (χ1v) is 9.47. The third-order valence-electron chi connectivity index (χ3n) is 4.47. The maximum atomic E-state index is 12.6. The van der Waals surface area contributed by atoms with E-state index in [9.17, 15) is 33.9 Å². The van der Waals surface area contributed by atoms with Gasteiger partial charge in [-0.05, 0) is 26.3 Å². The second kappa shape index (κ2) is 11.8. The van der Waals surface area contributed by atoms with Crippen LogP contribution in [0.5, 0.6) is 0 Å². The van der Waals surface area contributed by atoms with Crippen molar-refractivity contribution in [3.8, 4) is 0 Å². The summed E-state index contributed by atoms with van der Waals surface area (Å²) in [5.41, 5.74) is 5.12. The highest BCUT2D eigenvalue weighted by Crippen LogP contribution is 2.06. The van der Waals surface area contributed by atoms with E-state index >= 15 is 0 Å². The average molecular weight is 445 g/mol. The SMILES string of the molecule is CC(O)C(NC(=O)C(CC(N)=O)NC(=O)C1CCCN1)C(=O)NC(CC(=O)O)C(=O)O. The number of carbonyl (C=O) groups is 6. The summed E-state index contributed by atoms with van der Waals surface area (Å²) >= 11 is 0. The predicted octanol–water partition coefficient (Wildman–Crippen LogP) is -3.99. The number of nitrogens with one attached hydrogen (secondary N) is 4. The first-order chi connectivity index (χ1) is 14.4. The topological polar surface area (TPSA) is 237 Å². The van der Waals surface area contributed by atoms with Crippen LogP contribution in [0.25, 0.3) is 0 Å². The molecule has 31 heavy (non-hydrogen) atoms. The largest absolute Gasteiger partial charge is 0.481 e. The second-order valence-electron chi connectivity index (χ2n) is 7.10. The molecule has 0 spiro atoms. The minimum Gasteiger partial charge on any atom is -0.481 e. The molecule has 1 aliphatic heterocycles. The Morgan fingerprint density at radius 3 is 2.10 bits per heavy atom. The summed E-state index contributed by atoms with van der Waals surface area (Å²) in [7, 11) is 0. The monoisotopic (exact) mass is 445 g/mol. The smallest absolute Gasteiger partial charge is 0.326 e. The van der Waals surface area contributed by atoms with Gasteiger partial charge in [0.25, 0.3) is 0 Å². The molecule has 5 atom stereocenters. The van der Waals surface area contributed by atoms with Crippen molar-refractivity contribution < 1.29 is 44.1 Å². The molecule has 0 aromatic carbocycles. The highest BCUT2D eigenvalue weighted by molar-refractivity contribution is 5.96. The van der Waals surface area contributed by atoms with E-state index in [0.717, 1.165) is 13.3 Å². The number of carbonyl (C=O) groups excluding carboxylic acids is 4. The molecule has 0 bridgehead atoms. The van der Waals surface area contributed by atoms with Crippen LogP contribution in [0, 0.1) is 0 Å². The van der Waals surface area contributed by atoms with Crippen LogP contribution in [-0.2, 0) is 28.8 Å². The molecule has 1 aliphatic rings. The van der Waals surface area contributed by atoms with Crippen LogP contribution in [0.4, 0.5) is 0 Å². The molecule has 14 heteroatoms. The number of primary amides is 1. The number of aliphatic hydroxyl groups excluding tert-OH is 1. The zero-order chi connectivity index (χ0) is 23.7. The minimum atomic E-state index is -1.81. The summed E-state index contributed by atoms with van der Waals surface area (Å²) in [6, 6.07) is -5.51. The van der Waals surface area contributed by atoms with Gasteiger partial charge in [0.2, 0.25) is 23.6 Å². The van der Waals surface area contributed by atoms with Crippen molar-refractivity contribution in [2.24, 2.45) is 5.73 Å². The van der Waals surface area contributed by atoms with Gasteiger partial charge < -0.3 is 42.3 Å². The molecule has 0 radical (unpaired) electrons. The van der Waals surface area contributed by atoms with Crippen molar-refractivity contribution in [1.82, 2.24) is 21.3 Å². The van der Waals surface area contributed by atoms with Gasteiger partial charge in [-0.25, -0.2) is 4.79 Å². The van der Waals surface area contributed by atoms with Crippen LogP contribution < -0.4 is 27.0 Å². The van der Waals surface area contributed by atoms with E-state index in [2.05, 4.69) is 16.0 Å². The lowest BCUT2D eigenvalue weighted by Crippen LogP contribution is -2.60. The fraction of sp³-hybridized carbons (Fsp3) is 0.647. The molecule has 1 rings (SSSR count). The van der Waals surface area contributed by atoms with Crippen LogP contribution >= 0.6 is 0 Å². The predicted molar refractivity (Wildman–Crippen MR) is 102 cm³/mol. The lowest BCUT2D eigenvalue weighted by molar-refractivity contribution is -0.148. The Kier molecular flexibility index (Phi) is 9.82. The fourth-order valence-electron chi connectivity index (χ4n) is 2.89. The number of aliphatic hydroxyl groups is 1. The first kappa shape index (κ1) is 25.8. The molecule has 4 amide bonds. The third-order valence-corrected chi connectivity index (χ3v) is 4.47. The molecule has 5 unspecified atom stereocenters. The molecule has 1 saturated heterocycles. The number of nitrogens with two attached hydrogens (primary N) is 1. The van der Waals surface area contributed by atoms with E-state index < -0.39 is 78.7 Å². The summed E-state index contributed by atoms with van der Waals surface area (Å²) in [5, 5.41) is 37.0. The maximum Gasteiger partial charge on any atom is 0.326 e. The molecule has 1 fully saturated rings. The molecule has 1 heterocycles. The third kappa shape index (κ3) is 8.55. The number of carboxylic acid groups (broad SMARTS) is 2. The standard InChI is InChI=1S/C17H27N5O9/c1-7(23)13(16(29)21-10(17(30)31)6-12(25)26)22-15(28)9(5-11(18)24)20-14(27)8-3-2-4-19-8/h7-10,13,19,23H,2-6H2,1H3,(H2,18,24)(H,20,27)(H,21,29)(H,22,28)(H,25,26)(H,30,31). The highest BCUT2D eigenvalue weighted by atomic mass is 16.4. The van der Waals surface area contributed by atoms with Gasteiger partial charge in [-0.3, -0.25) is 24.0 Å². The van der Waals surface area contributed by atoms with E-state index in [1.165, 1.54) is 0 Å². The number of amides is 4. The summed E-state index contributed by atoms with van der Waals surface area (Å²) in [5.74, 6) is -6.77. The molecule has 174 valence electrons. The van der Waals surface area contributed by atoms with Gasteiger partial charge in [0.1, 0.15) is 18.1 Å². The van der Waals surface area contributed by atoms with E-state index in [1.807, 2.05) is 5.32 Å². The van der Waals surface area contributed by atoms with Crippen LogP contribution in [-0.4, -0.2) is 87.7 Å². The normalized spacial score (nSPS) is 19.4. The molecule has 14 nitrogen and oxygen atoms in total. The number of hydrogen-bond donors (Lipinski definition) is 8. The Bertz CT molecular complexity index is 721. The quantitative estimate of drug-likeness (QED) is 0.145. The molecular weight excluding hydrogens is 418 g/mol. The average Bonchev–Trinajstić information content (AvgIpc) is 3.18. The van der Waals surface area contributed by atoms with E-state index in [1.54, 1.807) is 0 Å². The van der Waals surface area contributed by atoms with Crippen LogP contribution in [0.2, 0.25) is 0 Å². The molecule has 0 aromatic heterocycles. The Morgan fingerprint density at radius 2 is 1.65 bits per heavy atom. The van der Waals surface area contributed by atoms with Gasteiger partial charge in [0.15, 0.2) is 0 Å². The Labute approximate surface area is 176 Å². The van der Waals surface area contributed by atoms with Gasteiger partial charge in [-0.15, -0.1) is 0 Å². The summed E-state index contributed by atoms with van der Waals surface area (Å²) < 4.78 is 0. The molecule has 0 aliphatic carbocycles. The Hall–Kier alpha value is -3.26. The molecule has 0 aromatic rings. The zero-order valence-electron chi connectivity index (χ0n) is 16.8. The maximum absolute atomic E-state index is 12.6. The van der Waals surface area contributed by atoms with E-state index in [-0.39, 0.29) is 0 Å².